The largest absolute Gasteiger partial charge is 0.358 e. The number of carbonyl (C=O) groups is 1. The number of ether oxygens (including phenoxy) is 1. The predicted octanol–water partition coefficient (Wildman–Crippen LogP) is 2.80. The highest BCUT2D eigenvalue weighted by Gasteiger charge is 2.28. The third kappa shape index (κ3) is 3.78. The normalized spacial score (nSPS) is 25.4. The molecule has 1 amide bonds. The van der Waals surface area contributed by atoms with Gasteiger partial charge in [-0.3, -0.25) is 4.79 Å². The summed E-state index contributed by atoms with van der Waals surface area (Å²) in [4.78, 5) is 13.7. The van der Waals surface area contributed by atoms with Gasteiger partial charge in [0, 0.05) is 26.0 Å². The second kappa shape index (κ2) is 6.89. The molecule has 0 aromatic heterocycles. The van der Waals surface area contributed by atoms with Crippen LogP contribution in [0.15, 0.2) is 0 Å². The number of unbranched alkanes of at least 4 members (excludes halogenated alkanes) is 2. The van der Waals surface area contributed by atoms with Gasteiger partial charge < -0.3 is 9.64 Å². The molecular formula is C13H25NO2. The van der Waals surface area contributed by atoms with Crippen LogP contribution in [0.3, 0.4) is 0 Å². The Balaban J connectivity index is 2.36. The van der Waals surface area contributed by atoms with E-state index in [1.807, 2.05) is 7.05 Å². The highest BCUT2D eigenvalue weighted by atomic mass is 16.5. The maximum atomic E-state index is 11.9. The molecule has 1 heterocycles. The van der Waals surface area contributed by atoms with Gasteiger partial charge in [-0.15, -0.1) is 0 Å². The average molecular weight is 227 g/mol. The Bertz CT molecular complexity index is 218. The van der Waals surface area contributed by atoms with E-state index in [0.29, 0.717) is 12.3 Å². The predicted molar refractivity (Wildman–Crippen MR) is 65.1 cm³/mol. The van der Waals surface area contributed by atoms with Crippen molar-refractivity contribution in [3.63, 3.8) is 0 Å². The van der Waals surface area contributed by atoms with Crippen LogP contribution in [0.2, 0.25) is 0 Å². The molecule has 0 spiro atoms. The first-order chi connectivity index (χ1) is 7.66. The molecule has 0 saturated carbocycles. The van der Waals surface area contributed by atoms with Crippen LogP contribution in [0.1, 0.15) is 52.4 Å². The lowest BCUT2D eigenvalue weighted by atomic mass is 10.0. The maximum Gasteiger partial charge on any atom is 0.224 e. The van der Waals surface area contributed by atoms with E-state index in [9.17, 15) is 4.79 Å². The molecule has 3 heteroatoms. The van der Waals surface area contributed by atoms with E-state index in [2.05, 4.69) is 13.8 Å². The molecule has 2 atom stereocenters. The van der Waals surface area contributed by atoms with Crippen LogP contribution < -0.4 is 0 Å². The molecule has 0 aliphatic carbocycles. The molecule has 1 rings (SSSR count). The summed E-state index contributed by atoms with van der Waals surface area (Å²) >= 11 is 0. The smallest absolute Gasteiger partial charge is 0.224 e. The zero-order chi connectivity index (χ0) is 12.0. The molecule has 0 unspecified atom stereocenters. The summed E-state index contributed by atoms with van der Waals surface area (Å²) in [6.07, 6.45) is 6.25. The third-order valence-corrected chi connectivity index (χ3v) is 3.35. The van der Waals surface area contributed by atoms with Crippen molar-refractivity contribution in [1.29, 1.82) is 0 Å². The molecule has 0 bridgehead atoms. The highest BCUT2D eigenvalue weighted by Crippen LogP contribution is 2.22. The molecule has 1 saturated heterocycles. The number of rotatable bonds is 5. The van der Waals surface area contributed by atoms with Crippen molar-refractivity contribution in [1.82, 2.24) is 4.90 Å². The van der Waals surface area contributed by atoms with Crippen molar-refractivity contribution in [2.24, 2.45) is 5.92 Å². The summed E-state index contributed by atoms with van der Waals surface area (Å²) in [6, 6.07) is 0. The van der Waals surface area contributed by atoms with E-state index in [1.165, 1.54) is 0 Å². The fourth-order valence-electron chi connectivity index (χ4n) is 2.25. The Morgan fingerprint density at radius 3 is 2.81 bits per heavy atom. The molecule has 0 aromatic rings. The summed E-state index contributed by atoms with van der Waals surface area (Å²) in [5.41, 5.74) is 0. The summed E-state index contributed by atoms with van der Waals surface area (Å²) in [7, 11) is 1.88. The Morgan fingerprint density at radius 2 is 2.19 bits per heavy atom. The van der Waals surface area contributed by atoms with Crippen LogP contribution in [0.25, 0.3) is 0 Å². The molecule has 3 nitrogen and oxygen atoms in total. The van der Waals surface area contributed by atoms with Gasteiger partial charge in [-0.05, 0) is 19.3 Å². The number of carbonyl (C=O) groups excluding carboxylic acids is 1. The van der Waals surface area contributed by atoms with E-state index < -0.39 is 0 Å². The van der Waals surface area contributed by atoms with Gasteiger partial charge in [0.25, 0.3) is 0 Å². The van der Waals surface area contributed by atoms with Crippen LogP contribution in [-0.4, -0.2) is 30.7 Å². The van der Waals surface area contributed by atoms with Crippen molar-refractivity contribution in [3.8, 4) is 0 Å². The molecule has 16 heavy (non-hydrogen) atoms. The minimum absolute atomic E-state index is 0.00266. The minimum Gasteiger partial charge on any atom is -0.358 e. The van der Waals surface area contributed by atoms with Crippen LogP contribution in [-0.2, 0) is 9.53 Å². The zero-order valence-corrected chi connectivity index (χ0v) is 10.9. The summed E-state index contributed by atoms with van der Waals surface area (Å²) in [6.45, 7) is 5.11. The SMILES string of the molecule is CCCCCC(=O)N(C)[C@H]1OCCC[C@@H]1C. The molecule has 1 fully saturated rings. The van der Waals surface area contributed by atoms with Gasteiger partial charge in [-0.25, -0.2) is 0 Å². The molecule has 1 aliphatic heterocycles. The Labute approximate surface area is 99.1 Å². The zero-order valence-electron chi connectivity index (χ0n) is 10.9. The van der Waals surface area contributed by atoms with Crippen molar-refractivity contribution in [3.05, 3.63) is 0 Å². The van der Waals surface area contributed by atoms with Crippen LogP contribution in [0, 0.1) is 5.92 Å². The topological polar surface area (TPSA) is 29.5 Å². The maximum absolute atomic E-state index is 11.9. The number of amides is 1. The fraction of sp³-hybridized carbons (Fsp3) is 0.923. The van der Waals surface area contributed by atoms with E-state index >= 15 is 0 Å². The van der Waals surface area contributed by atoms with Crippen molar-refractivity contribution in [2.45, 2.75) is 58.6 Å². The average Bonchev–Trinajstić information content (AvgIpc) is 2.29. The molecule has 94 valence electrons. The molecule has 0 radical (unpaired) electrons. The Hall–Kier alpha value is -0.570. The van der Waals surface area contributed by atoms with Crippen LogP contribution in [0.4, 0.5) is 0 Å². The molecule has 0 aromatic carbocycles. The Morgan fingerprint density at radius 1 is 1.44 bits per heavy atom. The first kappa shape index (κ1) is 13.5. The molecule has 1 aliphatic rings. The van der Waals surface area contributed by atoms with Crippen molar-refractivity contribution >= 4 is 5.91 Å². The highest BCUT2D eigenvalue weighted by molar-refractivity contribution is 5.76. The standard InChI is InChI=1S/C13H25NO2/c1-4-5-6-9-12(15)14(3)13-11(2)8-7-10-16-13/h11,13H,4-10H2,1-3H3/t11-,13-/m0/s1. The van der Waals surface area contributed by atoms with Gasteiger partial charge >= 0.3 is 0 Å². The lowest BCUT2D eigenvalue weighted by Gasteiger charge is -2.36. The van der Waals surface area contributed by atoms with Crippen LogP contribution >= 0.6 is 0 Å². The minimum atomic E-state index is 0.00266. The first-order valence-corrected chi connectivity index (χ1v) is 6.54. The van der Waals surface area contributed by atoms with Gasteiger partial charge in [0.15, 0.2) is 0 Å². The third-order valence-electron chi connectivity index (χ3n) is 3.35. The monoisotopic (exact) mass is 227 g/mol. The molecular weight excluding hydrogens is 202 g/mol. The lowest BCUT2D eigenvalue weighted by Crippen LogP contribution is -2.45. The summed E-state index contributed by atoms with van der Waals surface area (Å²) < 4.78 is 5.68. The van der Waals surface area contributed by atoms with Gasteiger partial charge in [0.2, 0.25) is 5.91 Å². The number of nitrogens with zero attached hydrogens (tertiary/aromatic N) is 1. The second-order valence-corrected chi connectivity index (χ2v) is 4.84. The van der Waals surface area contributed by atoms with E-state index in [0.717, 1.165) is 38.7 Å². The second-order valence-electron chi connectivity index (χ2n) is 4.84. The van der Waals surface area contributed by atoms with E-state index in [-0.39, 0.29) is 12.1 Å². The fourth-order valence-corrected chi connectivity index (χ4v) is 2.25. The van der Waals surface area contributed by atoms with Crippen molar-refractivity contribution in [2.75, 3.05) is 13.7 Å². The molecule has 0 N–H and O–H groups in total. The van der Waals surface area contributed by atoms with Gasteiger partial charge in [0.05, 0.1) is 0 Å². The Kier molecular flexibility index (Phi) is 5.81. The number of hydrogen-bond donors (Lipinski definition) is 0. The first-order valence-electron chi connectivity index (χ1n) is 6.54. The summed E-state index contributed by atoms with van der Waals surface area (Å²) in [5, 5.41) is 0. The summed E-state index contributed by atoms with van der Waals surface area (Å²) in [5.74, 6) is 0.695. The van der Waals surface area contributed by atoms with E-state index in [4.69, 9.17) is 4.74 Å². The van der Waals surface area contributed by atoms with Gasteiger partial charge in [-0.2, -0.15) is 0 Å². The van der Waals surface area contributed by atoms with Gasteiger partial charge in [0.1, 0.15) is 6.23 Å². The number of hydrogen-bond acceptors (Lipinski definition) is 2. The van der Waals surface area contributed by atoms with Crippen molar-refractivity contribution < 1.29 is 9.53 Å². The van der Waals surface area contributed by atoms with Crippen LogP contribution in [0.5, 0.6) is 0 Å². The van der Waals surface area contributed by atoms with Gasteiger partial charge in [-0.1, -0.05) is 26.7 Å². The lowest BCUT2D eigenvalue weighted by molar-refractivity contribution is -0.154. The van der Waals surface area contributed by atoms with E-state index in [1.54, 1.807) is 4.90 Å². The quantitative estimate of drug-likeness (QED) is 0.676.